The standard InChI is InChI=1S/C16H11N3O4/c20-16(18-12-6-8-17-9-7-12)15-5-4-14(23-15)11-2-1-3-13(10-11)19(21)22/h1-10H,(H,17,18,20). The second-order valence-electron chi connectivity index (χ2n) is 4.66. The summed E-state index contributed by atoms with van der Waals surface area (Å²) in [6, 6.07) is 12.5. The van der Waals surface area contributed by atoms with Crippen LogP contribution in [0, 0.1) is 10.1 Å². The maximum atomic E-state index is 12.1. The van der Waals surface area contributed by atoms with Crippen molar-refractivity contribution in [3.8, 4) is 11.3 Å². The SMILES string of the molecule is O=C(Nc1ccncc1)c1ccc(-c2cccc([N+](=O)[O-])c2)o1. The predicted octanol–water partition coefficient (Wildman–Crippen LogP) is 3.50. The molecular weight excluding hydrogens is 298 g/mol. The van der Waals surface area contributed by atoms with Crippen LogP contribution in [0.4, 0.5) is 11.4 Å². The number of non-ortho nitro benzene ring substituents is 1. The second-order valence-corrected chi connectivity index (χ2v) is 4.66. The molecule has 114 valence electrons. The number of pyridine rings is 1. The Morgan fingerprint density at radius 3 is 2.65 bits per heavy atom. The van der Waals surface area contributed by atoms with Gasteiger partial charge in [-0.2, -0.15) is 0 Å². The Morgan fingerprint density at radius 2 is 1.91 bits per heavy atom. The number of nitrogens with zero attached hydrogens (tertiary/aromatic N) is 2. The number of anilines is 1. The number of nitro groups is 1. The monoisotopic (exact) mass is 309 g/mol. The minimum atomic E-state index is -0.483. The maximum absolute atomic E-state index is 12.1. The van der Waals surface area contributed by atoms with Crippen LogP contribution in [0.5, 0.6) is 0 Å². The van der Waals surface area contributed by atoms with Crippen LogP contribution in [0.25, 0.3) is 11.3 Å². The van der Waals surface area contributed by atoms with Crippen LogP contribution in [0.15, 0.2) is 65.3 Å². The molecule has 0 saturated carbocycles. The fourth-order valence-electron chi connectivity index (χ4n) is 2.02. The molecular formula is C16H11N3O4. The molecule has 2 aromatic heterocycles. The summed E-state index contributed by atoms with van der Waals surface area (Å²) in [5.41, 5.74) is 1.09. The molecule has 1 N–H and O–H groups in total. The van der Waals surface area contributed by atoms with E-state index in [0.29, 0.717) is 17.0 Å². The van der Waals surface area contributed by atoms with E-state index in [2.05, 4.69) is 10.3 Å². The Hall–Kier alpha value is -3.48. The second kappa shape index (κ2) is 6.10. The van der Waals surface area contributed by atoms with E-state index in [1.807, 2.05) is 0 Å². The third-order valence-corrected chi connectivity index (χ3v) is 3.11. The molecule has 0 aliphatic rings. The Bertz CT molecular complexity index is 859. The van der Waals surface area contributed by atoms with Gasteiger partial charge in [0.2, 0.25) is 0 Å². The number of benzene rings is 1. The lowest BCUT2D eigenvalue weighted by molar-refractivity contribution is -0.384. The Morgan fingerprint density at radius 1 is 1.13 bits per heavy atom. The molecule has 0 radical (unpaired) electrons. The van der Waals surface area contributed by atoms with E-state index in [-0.39, 0.29) is 11.4 Å². The first-order valence-electron chi connectivity index (χ1n) is 6.69. The van der Waals surface area contributed by atoms with Gasteiger partial charge in [-0.1, -0.05) is 12.1 Å². The topological polar surface area (TPSA) is 98.3 Å². The average Bonchev–Trinajstić information content (AvgIpc) is 3.06. The summed E-state index contributed by atoms with van der Waals surface area (Å²) >= 11 is 0. The summed E-state index contributed by atoms with van der Waals surface area (Å²) in [5.74, 6) is 0.0878. The van der Waals surface area contributed by atoms with E-state index in [0.717, 1.165) is 0 Å². The van der Waals surface area contributed by atoms with Crippen LogP contribution < -0.4 is 5.32 Å². The molecule has 3 rings (SSSR count). The zero-order chi connectivity index (χ0) is 16.2. The summed E-state index contributed by atoms with van der Waals surface area (Å²) in [6.07, 6.45) is 3.12. The molecule has 1 aromatic carbocycles. The van der Waals surface area contributed by atoms with Gasteiger partial charge in [0.15, 0.2) is 5.76 Å². The molecule has 2 heterocycles. The lowest BCUT2D eigenvalue weighted by atomic mass is 10.1. The highest BCUT2D eigenvalue weighted by Gasteiger charge is 2.14. The van der Waals surface area contributed by atoms with Crippen LogP contribution in [0.3, 0.4) is 0 Å². The number of hydrogen-bond acceptors (Lipinski definition) is 5. The molecule has 23 heavy (non-hydrogen) atoms. The van der Waals surface area contributed by atoms with Crippen molar-refractivity contribution >= 4 is 17.3 Å². The molecule has 0 atom stereocenters. The minimum Gasteiger partial charge on any atom is -0.451 e. The third kappa shape index (κ3) is 3.24. The summed E-state index contributed by atoms with van der Waals surface area (Å²) in [6.45, 7) is 0. The first-order chi connectivity index (χ1) is 11.1. The molecule has 1 amide bonds. The zero-order valence-corrected chi connectivity index (χ0v) is 11.8. The number of aromatic nitrogens is 1. The first-order valence-corrected chi connectivity index (χ1v) is 6.69. The number of carbonyl (C=O) groups is 1. The van der Waals surface area contributed by atoms with E-state index in [4.69, 9.17) is 4.42 Å². The molecule has 7 heteroatoms. The number of furan rings is 1. The van der Waals surface area contributed by atoms with Gasteiger partial charge < -0.3 is 9.73 Å². The van der Waals surface area contributed by atoms with Crippen LogP contribution in [0.1, 0.15) is 10.6 Å². The third-order valence-electron chi connectivity index (χ3n) is 3.11. The van der Waals surface area contributed by atoms with Gasteiger partial charge in [0.1, 0.15) is 5.76 Å². The zero-order valence-electron chi connectivity index (χ0n) is 11.8. The molecule has 7 nitrogen and oxygen atoms in total. The van der Waals surface area contributed by atoms with E-state index in [9.17, 15) is 14.9 Å². The van der Waals surface area contributed by atoms with Crippen molar-refractivity contribution in [3.63, 3.8) is 0 Å². The maximum Gasteiger partial charge on any atom is 0.291 e. The Kier molecular flexibility index (Phi) is 3.84. The van der Waals surface area contributed by atoms with Crippen molar-refractivity contribution in [3.05, 3.63) is 76.8 Å². The predicted molar refractivity (Wildman–Crippen MR) is 83.0 cm³/mol. The van der Waals surface area contributed by atoms with Crippen LogP contribution >= 0.6 is 0 Å². The Labute approximate surface area is 130 Å². The van der Waals surface area contributed by atoms with E-state index in [1.165, 1.54) is 18.2 Å². The number of hydrogen-bond donors (Lipinski definition) is 1. The van der Waals surface area contributed by atoms with Gasteiger partial charge >= 0.3 is 0 Å². The van der Waals surface area contributed by atoms with Crippen molar-refractivity contribution in [2.75, 3.05) is 5.32 Å². The molecule has 0 bridgehead atoms. The quantitative estimate of drug-likeness (QED) is 0.587. The van der Waals surface area contributed by atoms with Crippen molar-refractivity contribution in [2.45, 2.75) is 0 Å². The van der Waals surface area contributed by atoms with E-state index >= 15 is 0 Å². The molecule has 0 saturated heterocycles. The van der Waals surface area contributed by atoms with E-state index in [1.54, 1.807) is 42.7 Å². The Balaban J connectivity index is 1.81. The van der Waals surface area contributed by atoms with E-state index < -0.39 is 10.8 Å². The average molecular weight is 309 g/mol. The highest BCUT2D eigenvalue weighted by molar-refractivity contribution is 6.02. The highest BCUT2D eigenvalue weighted by atomic mass is 16.6. The lowest BCUT2D eigenvalue weighted by Crippen LogP contribution is -2.10. The smallest absolute Gasteiger partial charge is 0.291 e. The van der Waals surface area contributed by atoms with Crippen LogP contribution in [0.2, 0.25) is 0 Å². The van der Waals surface area contributed by atoms with Crippen LogP contribution in [-0.2, 0) is 0 Å². The largest absolute Gasteiger partial charge is 0.451 e. The number of nitrogens with one attached hydrogen (secondary N) is 1. The van der Waals surface area contributed by atoms with Crippen LogP contribution in [-0.4, -0.2) is 15.8 Å². The molecule has 0 aliphatic heterocycles. The number of nitro benzene ring substituents is 1. The summed E-state index contributed by atoms with van der Waals surface area (Å²) in [7, 11) is 0. The number of carbonyl (C=O) groups excluding carboxylic acids is 1. The van der Waals surface area contributed by atoms with Gasteiger partial charge in [-0.3, -0.25) is 19.9 Å². The fourth-order valence-corrected chi connectivity index (χ4v) is 2.02. The summed E-state index contributed by atoms with van der Waals surface area (Å²) < 4.78 is 5.49. The van der Waals surface area contributed by atoms with Gasteiger partial charge in [-0.25, -0.2) is 0 Å². The summed E-state index contributed by atoms with van der Waals surface area (Å²) in [4.78, 5) is 26.3. The van der Waals surface area contributed by atoms with Crippen molar-refractivity contribution in [2.24, 2.45) is 0 Å². The van der Waals surface area contributed by atoms with Gasteiger partial charge in [-0.15, -0.1) is 0 Å². The fraction of sp³-hybridized carbons (Fsp3) is 0. The molecule has 3 aromatic rings. The van der Waals surface area contributed by atoms with Crippen molar-refractivity contribution in [1.82, 2.24) is 4.98 Å². The molecule has 0 fully saturated rings. The highest BCUT2D eigenvalue weighted by Crippen LogP contribution is 2.26. The molecule has 0 aliphatic carbocycles. The minimum absolute atomic E-state index is 0.0401. The van der Waals surface area contributed by atoms with Gasteiger partial charge in [0, 0.05) is 35.8 Å². The normalized spacial score (nSPS) is 10.3. The van der Waals surface area contributed by atoms with Gasteiger partial charge in [0.05, 0.1) is 4.92 Å². The van der Waals surface area contributed by atoms with Gasteiger partial charge in [-0.05, 0) is 24.3 Å². The molecule has 0 spiro atoms. The van der Waals surface area contributed by atoms with Gasteiger partial charge in [0.25, 0.3) is 11.6 Å². The van der Waals surface area contributed by atoms with Crippen molar-refractivity contribution in [1.29, 1.82) is 0 Å². The first kappa shape index (κ1) is 14.5. The lowest BCUT2D eigenvalue weighted by Gasteiger charge is -2.02. The number of amides is 1. The summed E-state index contributed by atoms with van der Waals surface area (Å²) in [5, 5.41) is 13.5. The molecule has 0 unspecified atom stereocenters. The number of rotatable bonds is 4. The van der Waals surface area contributed by atoms with Crippen molar-refractivity contribution < 1.29 is 14.1 Å².